The highest BCUT2D eigenvalue weighted by atomic mass is 16.5. The summed E-state index contributed by atoms with van der Waals surface area (Å²) in [5.41, 5.74) is 1.14. The Morgan fingerprint density at radius 1 is 1.41 bits per heavy atom. The molecule has 92 valence electrons. The molecule has 0 spiro atoms. The maximum absolute atomic E-state index is 12.0. The number of carbonyl (C=O) groups is 2. The number of carboxylic acid groups (broad SMARTS) is 1. The SMILES string of the molecule is CNC(C(=O)O)C(=O)c1cc(C)ccc1OC. The normalized spacial score (nSPS) is 11.9. The molecule has 0 amide bonds. The molecule has 0 fully saturated rings. The van der Waals surface area contributed by atoms with Crippen LogP contribution in [0.15, 0.2) is 18.2 Å². The predicted molar refractivity (Wildman–Crippen MR) is 62.5 cm³/mol. The number of ketones is 1. The molecule has 0 saturated heterocycles. The average Bonchev–Trinajstić information content (AvgIpc) is 2.29. The van der Waals surface area contributed by atoms with Gasteiger partial charge in [0.05, 0.1) is 12.7 Å². The summed E-state index contributed by atoms with van der Waals surface area (Å²) < 4.78 is 5.05. The first kappa shape index (κ1) is 13.2. The van der Waals surface area contributed by atoms with Crippen LogP contribution in [-0.4, -0.2) is 37.1 Å². The molecular formula is C12H15NO4. The number of aryl methyl sites for hydroxylation is 1. The van der Waals surface area contributed by atoms with Crippen LogP contribution in [0.5, 0.6) is 5.75 Å². The van der Waals surface area contributed by atoms with Crippen molar-refractivity contribution < 1.29 is 19.4 Å². The van der Waals surface area contributed by atoms with Crippen molar-refractivity contribution in [1.29, 1.82) is 0 Å². The number of carbonyl (C=O) groups excluding carboxylic acids is 1. The van der Waals surface area contributed by atoms with Crippen molar-refractivity contribution >= 4 is 11.8 Å². The van der Waals surface area contributed by atoms with Gasteiger partial charge in [0.1, 0.15) is 5.75 Å². The molecule has 1 rings (SSSR count). The third kappa shape index (κ3) is 2.82. The van der Waals surface area contributed by atoms with E-state index in [0.29, 0.717) is 5.75 Å². The van der Waals surface area contributed by atoms with E-state index < -0.39 is 17.8 Å². The van der Waals surface area contributed by atoms with E-state index in [1.165, 1.54) is 14.2 Å². The number of carboxylic acids is 1. The maximum Gasteiger partial charge on any atom is 0.328 e. The molecule has 2 N–H and O–H groups in total. The second-order valence-electron chi connectivity index (χ2n) is 3.63. The van der Waals surface area contributed by atoms with Crippen molar-refractivity contribution in [3.63, 3.8) is 0 Å². The molecule has 1 aromatic rings. The number of benzene rings is 1. The van der Waals surface area contributed by atoms with Gasteiger partial charge >= 0.3 is 5.97 Å². The number of ether oxygens (including phenoxy) is 1. The van der Waals surface area contributed by atoms with Crippen LogP contribution < -0.4 is 10.1 Å². The van der Waals surface area contributed by atoms with E-state index in [4.69, 9.17) is 9.84 Å². The van der Waals surface area contributed by atoms with Gasteiger partial charge in [0, 0.05) is 0 Å². The summed E-state index contributed by atoms with van der Waals surface area (Å²) in [6, 6.07) is 3.81. The Bertz CT molecular complexity index is 442. The van der Waals surface area contributed by atoms with Gasteiger partial charge in [-0.3, -0.25) is 9.59 Å². The number of aliphatic carboxylic acids is 1. The largest absolute Gasteiger partial charge is 0.496 e. The fraction of sp³-hybridized carbons (Fsp3) is 0.333. The number of nitrogens with one attached hydrogen (secondary N) is 1. The summed E-state index contributed by atoms with van der Waals surface area (Å²) in [7, 11) is 2.87. The van der Waals surface area contributed by atoms with Crippen LogP contribution in [0.4, 0.5) is 0 Å². The van der Waals surface area contributed by atoms with E-state index >= 15 is 0 Å². The molecule has 0 aliphatic heterocycles. The van der Waals surface area contributed by atoms with Crippen LogP contribution >= 0.6 is 0 Å². The minimum Gasteiger partial charge on any atom is -0.496 e. The number of hydrogen-bond acceptors (Lipinski definition) is 4. The Labute approximate surface area is 99.4 Å². The van der Waals surface area contributed by atoms with Crippen LogP contribution in [0, 0.1) is 6.92 Å². The predicted octanol–water partition coefficient (Wildman–Crippen LogP) is 0.859. The Balaban J connectivity index is 3.18. The zero-order valence-electron chi connectivity index (χ0n) is 9.98. The smallest absolute Gasteiger partial charge is 0.328 e. The van der Waals surface area contributed by atoms with Gasteiger partial charge in [-0.25, -0.2) is 0 Å². The lowest BCUT2D eigenvalue weighted by Gasteiger charge is -2.13. The molecule has 0 saturated carbocycles. The summed E-state index contributed by atoms with van der Waals surface area (Å²) in [6.07, 6.45) is 0. The van der Waals surface area contributed by atoms with Crippen LogP contribution in [0.3, 0.4) is 0 Å². The third-order valence-corrected chi connectivity index (χ3v) is 2.42. The number of Topliss-reactive ketones (excluding diaryl/α,β-unsaturated/α-hetero) is 1. The zero-order valence-corrected chi connectivity index (χ0v) is 9.98. The lowest BCUT2D eigenvalue weighted by atomic mass is 10.0. The highest BCUT2D eigenvalue weighted by Gasteiger charge is 2.27. The Morgan fingerprint density at radius 3 is 2.53 bits per heavy atom. The van der Waals surface area contributed by atoms with Crippen LogP contribution in [0.25, 0.3) is 0 Å². The molecule has 0 aliphatic carbocycles. The van der Waals surface area contributed by atoms with Gasteiger partial charge in [0.15, 0.2) is 11.8 Å². The van der Waals surface area contributed by atoms with Crippen LogP contribution in [0.2, 0.25) is 0 Å². The molecule has 0 heterocycles. The van der Waals surface area contributed by atoms with E-state index in [1.54, 1.807) is 18.2 Å². The summed E-state index contributed by atoms with van der Waals surface area (Å²) >= 11 is 0. The molecule has 0 bridgehead atoms. The summed E-state index contributed by atoms with van der Waals surface area (Å²) in [5.74, 6) is -1.34. The first-order valence-electron chi connectivity index (χ1n) is 5.10. The van der Waals surface area contributed by atoms with E-state index in [9.17, 15) is 9.59 Å². The number of methoxy groups -OCH3 is 1. The quantitative estimate of drug-likeness (QED) is 0.586. The second kappa shape index (κ2) is 5.45. The number of likely N-dealkylation sites (N-methyl/N-ethyl adjacent to an activating group) is 1. The van der Waals surface area contributed by atoms with Gasteiger partial charge in [-0.2, -0.15) is 0 Å². The minimum atomic E-state index is -1.26. The summed E-state index contributed by atoms with van der Waals surface area (Å²) in [5, 5.41) is 11.4. The molecule has 1 atom stereocenters. The van der Waals surface area contributed by atoms with Crippen LogP contribution in [0.1, 0.15) is 15.9 Å². The lowest BCUT2D eigenvalue weighted by molar-refractivity contribution is -0.137. The van der Waals surface area contributed by atoms with Crippen molar-refractivity contribution in [3.05, 3.63) is 29.3 Å². The molecule has 17 heavy (non-hydrogen) atoms. The fourth-order valence-electron chi connectivity index (χ4n) is 1.54. The summed E-state index contributed by atoms with van der Waals surface area (Å²) in [6.45, 7) is 1.82. The van der Waals surface area contributed by atoms with E-state index in [0.717, 1.165) is 5.56 Å². The number of rotatable bonds is 5. The van der Waals surface area contributed by atoms with Crippen molar-refractivity contribution in [2.75, 3.05) is 14.2 Å². The van der Waals surface area contributed by atoms with E-state index in [-0.39, 0.29) is 5.56 Å². The third-order valence-electron chi connectivity index (χ3n) is 2.42. The van der Waals surface area contributed by atoms with Gasteiger partial charge in [-0.05, 0) is 26.1 Å². The molecule has 5 heteroatoms. The van der Waals surface area contributed by atoms with Crippen molar-refractivity contribution in [3.8, 4) is 5.75 Å². The second-order valence-corrected chi connectivity index (χ2v) is 3.63. The topological polar surface area (TPSA) is 75.6 Å². The molecule has 0 radical (unpaired) electrons. The van der Waals surface area contributed by atoms with Gasteiger partial charge < -0.3 is 15.2 Å². The average molecular weight is 237 g/mol. The van der Waals surface area contributed by atoms with Gasteiger partial charge in [-0.1, -0.05) is 11.6 Å². The zero-order chi connectivity index (χ0) is 13.0. The first-order chi connectivity index (χ1) is 8.01. The van der Waals surface area contributed by atoms with Crippen molar-refractivity contribution in [2.45, 2.75) is 13.0 Å². The molecule has 0 aromatic heterocycles. The minimum absolute atomic E-state index is 0.272. The molecule has 1 aromatic carbocycles. The van der Waals surface area contributed by atoms with Crippen molar-refractivity contribution in [1.82, 2.24) is 5.32 Å². The van der Waals surface area contributed by atoms with Crippen molar-refractivity contribution in [2.24, 2.45) is 0 Å². The first-order valence-corrected chi connectivity index (χ1v) is 5.10. The molecule has 5 nitrogen and oxygen atoms in total. The molecule has 0 aliphatic rings. The van der Waals surface area contributed by atoms with E-state index in [1.807, 2.05) is 6.92 Å². The Kier molecular flexibility index (Phi) is 4.23. The van der Waals surface area contributed by atoms with Gasteiger partial charge in [0.25, 0.3) is 0 Å². The van der Waals surface area contributed by atoms with E-state index in [2.05, 4.69) is 5.32 Å². The highest BCUT2D eigenvalue weighted by Crippen LogP contribution is 2.21. The Morgan fingerprint density at radius 2 is 2.06 bits per heavy atom. The Hall–Kier alpha value is -1.88. The molecule has 1 unspecified atom stereocenters. The fourth-order valence-corrected chi connectivity index (χ4v) is 1.54. The summed E-state index contributed by atoms with van der Waals surface area (Å²) in [4.78, 5) is 22.9. The molecular weight excluding hydrogens is 222 g/mol. The number of hydrogen-bond donors (Lipinski definition) is 2. The van der Waals surface area contributed by atoms with Crippen LogP contribution in [-0.2, 0) is 4.79 Å². The maximum atomic E-state index is 12.0. The standard InChI is InChI=1S/C12H15NO4/c1-7-4-5-9(17-3)8(6-7)11(14)10(13-2)12(15)16/h4-6,10,13H,1-3H3,(H,15,16). The van der Waals surface area contributed by atoms with Gasteiger partial charge in [-0.15, -0.1) is 0 Å². The lowest BCUT2D eigenvalue weighted by Crippen LogP contribution is -2.41. The monoisotopic (exact) mass is 237 g/mol. The highest BCUT2D eigenvalue weighted by molar-refractivity contribution is 6.13. The van der Waals surface area contributed by atoms with Gasteiger partial charge in [0.2, 0.25) is 0 Å².